The van der Waals surface area contributed by atoms with Crippen LogP contribution in [0, 0.1) is 45.3 Å². The van der Waals surface area contributed by atoms with Crippen LogP contribution in [0.25, 0.3) is 0 Å². The molecule has 0 aromatic carbocycles. The lowest BCUT2D eigenvalue weighted by molar-refractivity contribution is -0.146. The molecule has 0 amide bonds. The molecule has 0 bridgehead atoms. The van der Waals surface area contributed by atoms with Crippen LogP contribution in [0.5, 0.6) is 0 Å². The molecule has 184 valence electrons. The van der Waals surface area contributed by atoms with Crippen molar-refractivity contribution in [3.8, 4) is 0 Å². The molecule has 4 rings (SSSR count). The second-order valence-electron chi connectivity index (χ2n) is 13.3. The van der Waals surface area contributed by atoms with E-state index in [1.165, 1.54) is 25.7 Å². The number of ketones is 1. The van der Waals surface area contributed by atoms with Gasteiger partial charge in [0, 0.05) is 17.4 Å². The Balaban J connectivity index is 1.59. The summed E-state index contributed by atoms with van der Waals surface area (Å²) in [6.07, 6.45) is 14.4. The van der Waals surface area contributed by atoms with Gasteiger partial charge in [0.15, 0.2) is 0 Å². The molecule has 0 aliphatic heterocycles. The van der Waals surface area contributed by atoms with Crippen molar-refractivity contribution in [1.82, 2.24) is 0 Å². The van der Waals surface area contributed by atoms with Crippen molar-refractivity contribution in [1.29, 1.82) is 0 Å². The minimum atomic E-state index is -0.801. The molecule has 0 aromatic heterocycles. The van der Waals surface area contributed by atoms with E-state index in [1.807, 2.05) is 6.08 Å². The van der Waals surface area contributed by atoms with Crippen LogP contribution in [0.4, 0.5) is 0 Å². The molecular weight excluding hydrogens is 408 g/mol. The van der Waals surface area contributed by atoms with Gasteiger partial charge in [0.1, 0.15) is 5.78 Å². The van der Waals surface area contributed by atoms with E-state index in [-0.39, 0.29) is 16.2 Å². The van der Waals surface area contributed by atoms with Crippen molar-refractivity contribution in [2.45, 2.75) is 106 Å². The quantitative estimate of drug-likeness (QED) is 0.343. The first-order chi connectivity index (χ1) is 15.3. The molecule has 1 N–H and O–H groups in total. The van der Waals surface area contributed by atoms with Crippen LogP contribution in [0.2, 0.25) is 0 Å². The molecule has 3 saturated carbocycles. The van der Waals surface area contributed by atoms with Crippen LogP contribution in [-0.2, 0) is 9.59 Å². The number of Topliss-reactive ketones (excluding diaryl/α,β-unsaturated/α-hetero) is 1. The van der Waals surface area contributed by atoms with Gasteiger partial charge in [-0.1, -0.05) is 59.3 Å². The predicted octanol–water partition coefficient (Wildman–Crippen LogP) is 7.61. The number of allylic oxidation sites excluding steroid dienone is 3. The summed E-state index contributed by atoms with van der Waals surface area (Å²) in [7, 11) is 0. The monoisotopic (exact) mass is 454 g/mol. The molecule has 3 nitrogen and oxygen atoms in total. The summed E-state index contributed by atoms with van der Waals surface area (Å²) in [4.78, 5) is 23.9. The van der Waals surface area contributed by atoms with Gasteiger partial charge in [-0.3, -0.25) is 4.79 Å². The lowest BCUT2D eigenvalue weighted by Gasteiger charge is -2.63. The highest BCUT2D eigenvalue weighted by atomic mass is 16.4. The molecule has 7 atom stereocenters. The third-order valence-electron chi connectivity index (χ3n) is 11.7. The number of carboxylic acids is 1. The Bertz CT molecular complexity index is 894. The van der Waals surface area contributed by atoms with Gasteiger partial charge >= 0.3 is 5.97 Å². The number of carbonyl (C=O) groups excluding carboxylic acids is 1. The van der Waals surface area contributed by atoms with E-state index in [0.29, 0.717) is 40.4 Å². The summed E-state index contributed by atoms with van der Waals surface area (Å²) < 4.78 is 0. The van der Waals surface area contributed by atoms with Gasteiger partial charge in [-0.15, -0.1) is 0 Å². The van der Waals surface area contributed by atoms with Crippen LogP contribution in [0.15, 0.2) is 23.3 Å². The van der Waals surface area contributed by atoms with E-state index < -0.39 is 5.97 Å². The maximum Gasteiger partial charge on any atom is 0.330 e. The van der Waals surface area contributed by atoms with Crippen LogP contribution in [0.3, 0.4) is 0 Å². The fourth-order valence-corrected chi connectivity index (χ4v) is 9.32. The Kier molecular flexibility index (Phi) is 6.07. The fraction of sp³-hybridized carbons (Fsp3) is 0.800. The molecule has 1 unspecified atom stereocenters. The van der Waals surface area contributed by atoms with Crippen LogP contribution < -0.4 is 0 Å². The molecule has 0 spiro atoms. The van der Waals surface area contributed by atoms with Crippen molar-refractivity contribution >= 4 is 11.8 Å². The first-order valence-electron chi connectivity index (χ1n) is 13.4. The Hall–Kier alpha value is -1.38. The molecule has 0 heterocycles. The van der Waals surface area contributed by atoms with Crippen LogP contribution in [-0.4, -0.2) is 16.9 Å². The first kappa shape index (κ1) is 24.7. The largest absolute Gasteiger partial charge is 0.478 e. The highest BCUT2D eigenvalue weighted by Gasteiger charge is 2.65. The molecule has 33 heavy (non-hydrogen) atoms. The standard InChI is InChI=1S/C30H46O3/c1-19(9-8-10-20(2)26(32)33)21-13-17-30(7)23-11-12-24-27(3,4)25(31)15-16-28(24,5)22(23)14-18-29(21,30)6/h10-11,19,21-22,24H,8-9,12-18H2,1-7H3,(H,32,33)/b20-10+/t19-,21-,22+,24?,28-,29-,30+/m1/s1. The average molecular weight is 455 g/mol. The summed E-state index contributed by atoms with van der Waals surface area (Å²) in [5, 5.41) is 9.16. The van der Waals surface area contributed by atoms with E-state index >= 15 is 0 Å². The predicted molar refractivity (Wildman–Crippen MR) is 134 cm³/mol. The summed E-state index contributed by atoms with van der Waals surface area (Å²) in [5.41, 5.74) is 2.80. The van der Waals surface area contributed by atoms with Gasteiger partial charge in [0.05, 0.1) is 0 Å². The van der Waals surface area contributed by atoms with Crippen molar-refractivity contribution in [2.24, 2.45) is 45.3 Å². The van der Waals surface area contributed by atoms with Gasteiger partial charge in [0.2, 0.25) is 0 Å². The molecule has 4 aliphatic rings. The zero-order chi connectivity index (χ0) is 24.4. The van der Waals surface area contributed by atoms with Crippen LogP contribution >= 0.6 is 0 Å². The Morgan fingerprint density at radius 3 is 2.52 bits per heavy atom. The third-order valence-corrected chi connectivity index (χ3v) is 11.7. The molecule has 4 aliphatic carbocycles. The smallest absolute Gasteiger partial charge is 0.330 e. The van der Waals surface area contributed by atoms with Crippen molar-refractivity contribution < 1.29 is 14.7 Å². The van der Waals surface area contributed by atoms with Crippen molar-refractivity contribution in [3.63, 3.8) is 0 Å². The number of hydrogen-bond acceptors (Lipinski definition) is 2. The van der Waals surface area contributed by atoms with E-state index in [2.05, 4.69) is 47.6 Å². The third kappa shape index (κ3) is 3.50. The Labute approximate surface area is 201 Å². The number of aliphatic carboxylic acids is 1. The Morgan fingerprint density at radius 1 is 1.15 bits per heavy atom. The topological polar surface area (TPSA) is 54.4 Å². The average Bonchev–Trinajstić information content (AvgIpc) is 3.02. The number of rotatable bonds is 5. The van der Waals surface area contributed by atoms with Gasteiger partial charge < -0.3 is 5.11 Å². The van der Waals surface area contributed by atoms with Crippen LogP contribution in [0.1, 0.15) is 106 Å². The molecule has 0 aromatic rings. The second-order valence-corrected chi connectivity index (χ2v) is 13.3. The van der Waals surface area contributed by atoms with E-state index in [4.69, 9.17) is 5.11 Å². The SMILES string of the molecule is C/C(=C\CC[C@@H](C)[C@H]1CC[C@@]2(C)C3=CCC4C(C)(C)C(=O)CC[C@]4(C)[C@H]3CC[C@]12C)C(=O)O. The molecular formula is C30H46O3. The van der Waals surface area contributed by atoms with E-state index in [9.17, 15) is 9.59 Å². The van der Waals surface area contributed by atoms with E-state index in [1.54, 1.807) is 12.5 Å². The zero-order valence-corrected chi connectivity index (χ0v) is 22.1. The molecule has 0 radical (unpaired) electrons. The second kappa shape index (κ2) is 8.09. The van der Waals surface area contributed by atoms with Gasteiger partial charge in [-0.2, -0.15) is 0 Å². The summed E-state index contributed by atoms with van der Waals surface area (Å²) >= 11 is 0. The summed E-state index contributed by atoms with van der Waals surface area (Å²) in [5.74, 6) is 2.05. The van der Waals surface area contributed by atoms with Crippen molar-refractivity contribution in [2.75, 3.05) is 0 Å². The maximum atomic E-state index is 12.8. The normalized spacial score (nSPS) is 43.2. The highest BCUT2D eigenvalue weighted by molar-refractivity contribution is 5.86. The highest BCUT2D eigenvalue weighted by Crippen LogP contribution is 2.73. The fourth-order valence-electron chi connectivity index (χ4n) is 9.32. The molecule has 3 heteroatoms. The molecule has 3 fully saturated rings. The van der Waals surface area contributed by atoms with Crippen molar-refractivity contribution in [3.05, 3.63) is 23.3 Å². The number of carboxylic acid groups (broad SMARTS) is 1. The number of fused-ring (bicyclic) bond motifs is 5. The molecule has 0 saturated heterocycles. The summed E-state index contributed by atoms with van der Waals surface area (Å²) in [6.45, 7) is 16.2. The van der Waals surface area contributed by atoms with Gasteiger partial charge in [-0.25, -0.2) is 4.79 Å². The lowest BCUT2D eigenvalue weighted by atomic mass is 9.41. The zero-order valence-electron chi connectivity index (χ0n) is 22.1. The number of carbonyl (C=O) groups is 2. The Morgan fingerprint density at radius 2 is 1.85 bits per heavy atom. The van der Waals surface area contributed by atoms with E-state index in [0.717, 1.165) is 32.1 Å². The first-order valence-corrected chi connectivity index (χ1v) is 13.4. The minimum Gasteiger partial charge on any atom is -0.478 e. The maximum absolute atomic E-state index is 12.8. The lowest BCUT2D eigenvalue weighted by Crippen LogP contribution is -2.57. The van der Waals surface area contributed by atoms with Gasteiger partial charge in [0.25, 0.3) is 0 Å². The summed E-state index contributed by atoms with van der Waals surface area (Å²) in [6, 6.07) is 0. The van der Waals surface area contributed by atoms with Gasteiger partial charge in [-0.05, 0) is 98.2 Å². The minimum absolute atomic E-state index is 0.203. The number of hydrogen-bond donors (Lipinski definition) is 1.